The fourth-order valence-corrected chi connectivity index (χ4v) is 5.39. The van der Waals surface area contributed by atoms with E-state index in [1.165, 1.54) is 11.0 Å². The number of fused-ring (bicyclic) bond motifs is 1. The maximum atomic E-state index is 14.6. The fourth-order valence-electron chi connectivity index (χ4n) is 5.39. The van der Waals surface area contributed by atoms with Crippen molar-refractivity contribution in [2.45, 2.75) is 50.7 Å². The molecule has 8 nitrogen and oxygen atoms in total. The number of aromatic nitrogens is 1. The third-order valence-corrected chi connectivity index (χ3v) is 7.16. The standard InChI is InChI=1S/C25H27FN4O4/c1-34-22-4-7-27-12-16(22)13-29-8-5-15(6-9-29)18-10-17(26)11-19-20(18)14-30(25(19)33)21-2-3-23(31)28-24(21)32/h4,7,10-12,15,21H,2-3,5-6,8-9,13-14H2,1H3,(H,28,31,32). The van der Waals surface area contributed by atoms with Crippen molar-refractivity contribution in [2.75, 3.05) is 20.2 Å². The minimum absolute atomic E-state index is 0.131. The summed E-state index contributed by atoms with van der Waals surface area (Å²) in [6, 6.07) is 3.97. The van der Waals surface area contributed by atoms with Crippen molar-refractivity contribution in [2.24, 2.45) is 0 Å². The van der Waals surface area contributed by atoms with E-state index < -0.39 is 17.8 Å². The lowest BCUT2D eigenvalue weighted by atomic mass is 9.85. The van der Waals surface area contributed by atoms with Gasteiger partial charge in [-0.05, 0) is 67.6 Å². The fraction of sp³-hybridized carbons (Fsp3) is 0.440. The SMILES string of the molecule is COc1ccncc1CN1CCC(c2cc(F)cc3c2CN(C2CCC(=O)NC2=O)C3=O)CC1. The van der Waals surface area contributed by atoms with E-state index in [1.807, 2.05) is 12.3 Å². The number of piperidine rings is 2. The first-order valence-electron chi connectivity index (χ1n) is 11.6. The number of ether oxygens (including phenoxy) is 1. The Morgan fingerprint density at radius 3 is 2.71 bits per heavy atom. The molecule has 0 bridgehead atoms. The van der Waals surface area contributed by atoms with Crippen molar-refractivity contribution in [3.63, 3.8) is 0 Å². The molecule has 9 heteroatoms. The van der Waals surface area contributed by atoms with E-state index in [0.29, 0.717) is 12.0 Å². The van der Waals surface area contributed by atoms with Crippen molar-refractivity contribution in [3.05, 3.63) is 58.7 Å². The van der Waals surface area contributed by atoms with Crippen molar-refractivity contribution in [3.8, 4) is 5.75 Å². The third kappa shape index (κ3) is 4.16. The monoisotopic (exact) mass is 466 g/mol. The molecule has 3 aliphatic heterocycles. The molecule has 5 rings (SSSR count). The van der Waals surface area contributed by atoms with Gasteiger partial charge in [-0.3, -0.25) is 29.6 Å². The Balaban J connectivity index is 1.31. The predicted molar refractivity (Wildman–Crippen MR) is 120 cm³/mol. The van der Waals surface area contributed by atoms with Gasteiger partial charge in [0, 0.05) is 43.0 Å². The molecule has 2 fully saturated rings. The highest BCUT2D eigenvalue weighted by molar-refractivity contribution is 6.05. The molecule has 3 amide bonds. The molecule has 34 heavy (non-hydrogen) atoms. The molecule has 2 saturated heterocycles. The number of hydrogen-bond acceptors (Lipinski definition) is 6. The van der Waals surface area contributed by atoms with Crippen LogP contribution in [0, 0.1) is 5.82 Å². The van der Waals surface area contributed by atoms with Gasteiger partial charge in [0.25, 0.3) is 5.91 Å². The third-order valence-electron chi connectivity index (χ3n) is 7.16. The first kappa shape index (κ1) is 22.5. The number of amides is 3. The zero-order valence-electron chi connectivity index (χ0n) is 19.1. The molecule has 1 unspecified atom stereocenters. The van der Waals surface area contributed by atoms with Crippen LogP contribution in [-0.4, -0.2) is 58.7 Å². The van der Waals surface area contributed by atoms with Crippen LogP contribution in [-0.2, 0) is 22.7 Å². The van der Waals surface area contributed by atoms with Gasteiger partial charge in [-0.2, -0.15) is 0 Å². The zero-order chi connectivity index (χ0) is 23.8. The van der Waals surface area contributed by atoms with Crippen LogP contribution < -0.4 is 10.1 Å². The summed E-state index contributed by atoms with van der Waals surface area (Å²) in [6.07, 6.45) is 5.69. The number of halogens is 1. The quantitative estimate of drug-likeness (QED) is 0.681. The highest BCUT2D eigenvalue weighted by Crippen LogP contribution is 2.38. The van der Waals surface area contributed by atoms with E-state index in [4.69, 9.17) is 4.74 Å². The van der Waals surface area contributed by atoms with Crippen molar-refractivity contribution in [1.82, 2.24) is 20.1 Å². The minimum atomic E-state index is -0.704. The van der Waals surface area contributed by atoms with Crippen LogP contribution in [0.1, 0.15) is 58.6 Å². The summed E-state index contributed by atoms with van der Waals surface area (Å²) < 4.78 is 20.0. The molecule has 0 spiro atoms. The highest BCUT2D eigenvalue weighted by atomic mass is 19.1. The summed E-state index contributed by atoms with van der Waals surface area (Å²) in [5.41, 5.74) is 3.03. The van der Waals surface area contributed by atoms with Crippen LogP contribution >= 0.6 is 0 Å². The van der Waals surface area contributed by atoms with Crippen LogP contribution in [0.25, 0.3) is 0 Å². The van der Waals surface area contributed by atoms with E-state index in [9.17, 15) is 18.8 Å². The molecule has 4 heterocycles. The van der Waals surface area contributed by atoms with E-state index in [-0.39, 0.29) is 30.7 Å². The minimum Gasteiger partial charge on any atom is -0.496 e. The van der Waals surface area contributed by atoms with E-state index >= 15 is 0 Å². The second-order valence-electron chi connectivity index (χ2n) is 9.16. The number of hydrogen-bond donors (Lipinski definition) is 1. The Hall–Kier alpha value is -3.33. The average Bonchev–Trinajstić information content (AvgIpc) is 3.15. The Kier molecular flexibility index (Phi) is 6.03. The van der Waals surface area contributed by atoms with Gasteiger partial charge in [-0.25, -0.2) is 4.39 Å². The second kappa shape index (κ2) is 9.13. The molecule has 3 aliphatic rings. The van der Waals surface area contributed by atoms with Gasteiger partial charge < -0.3 is 9.64 Å². The second-order valence-corrected chi connectivity index (χ2v) is 9.16. The van der Waals surface area contributed by atoms with Crippen LogP contribution in [0.3, 0.4) is 0 Å². The van der Waals surface area contributed by atoms with E-state index in [2.05, 4.69) is 15.2 Å². The number of benzene rings is 1. The maximum Gasteiger partial charge on any atom is 0.255 e. The molecular weight excluding hydrogens is 439 g/mol. The van der Waals surface area contributed by atoms with Gasteiger partial charge in [-0.1, -0.05) is 0 Å². The van der Waals surface area contributed by atoms with Gasteiger partial charge in [-0.15, -0.1) is 0 Å². The molecule has 1 aromatic heterocycles. The summed E-state index contributed by atoms with van der Waals surface area (Å²) in [6.45, 7) is 2.66. The van der Waals surface area contributed by atoms with Gasteiger partial charge in [0.05, 0.1) is 7.11 Å². The Labute approximate surface area is 197 Å². The normalized spacial score (nSPS) is 21.5. The Morgan fingerprint density at radius 2 is 1.97 bits per heavy atom. The maximum absolute atomic E-state index is 14.6. The number of carbonyl (C=O) groups is 3. The first-order valence-corrected chi connectivity index (χ1v) is 11.6. The van der Waals surface area contributed by atoms with Crippen molar-refractivity contribution in [1.29, 1.82) is 0 Å². The number of rotatable bonds is 5. The zero-order valence-corrected chi connectivity index (χ0v) is 19.1. The van der Waals surface area contributed by atoms with Gasteiger partial charge >= 0.3 is 0 Å². The number of imide groups is 1. The predicted octanol–water partition coefficient (Wildman–Crippen LogP) is 2.37. The summed E-state index contributed by atoms with van der Waals surface area (Å²) in [4.78, 5) is 45.0. The highest BCUT2D eigenvalue weighted by Gasteiger charge is 2.41. The molecular formula is C25H27FN4O4. The Bertz CT molecular complexity index is 1150. The van der Waals surface area contributed by atoms with Crippen LogP contribution in [0.5, 0.6) is 5.75 Å². The smallest absolute Gasteiger partial charge is 0.255 e. The molecule has 1 atom stereocenters. The number of likely N-dealkylation sites (tertiary alicyclic amines) is 1. The van der Waals surface area contributed by atoms with Gasteiger partial charge in [0.1, 0.15) is 17.6 Å². The molecule has 178 valence electrons. The van der Waals surface area contributed by atoms with Crippen LogP contribution in [0.2, 0.25) is 0 Å². The topological polar surface area (TPSA) is 91.8 Å². The lowest BCUT2D eigenvalue weighted by Gasteiger charge is -2.33. The lowest BCUT2D eigenvalue weighted by molar-refractivity contribution is -0.136. The number of methoxy groups -OCH3 is 1. The van der Waals surface area contributed by atoms with E-state index in [0.717, 1.165) is 54.9 Å². The summed E-state index contributed by atoms with van der Waals surface area (Å²) in [5, 5.41) is 2.31. The summed E-state index contributed by atoms with van der Waals surface area (Å²) in [7, 11) is 1.65. The van der Waals surface area contributed by atoms with Crippen molar-refractivity contribution < 1.29 is 23.5 Å². The summed E-state index contributed by atoms with van der Waals surface area (Å²) >= 11 is 0. The number of pyridine rings is 1. The number of nitrogens with zero attached hydrogens (tertiary/aromatic N) is 3. The van der Waals surface area contributed by atoms with E-state index in [1.54, 1.807) is 19.4 Å². The van der Waals surface area contributed by atoms with Crippen LogP contribution in [0.15, 0.2) is 30.6 Å². The van der Waals surface area contributed by atoms with Gasteiger partial charge in [0.2, 0.25) is 11.8 Å². The summed E-state index contributed by atoms with van der Waals surface area (Å²) in [5.74, 6) is -0.620. The molecule has 0 aliphatic carbocycles. The van der Waals surface area contributed by atoms with Crippen LogP contribution in [0.4, 0.5) is 4.39 Å². The molecule has 0 saturated carbocycles. The first-order chi connectivity index (χ1) is 16.4. The molecule has 2 aromatic rings. The molecule has 1 N–H and O–H groups in total. The van der Waals surface area contributed by atoms with Gasteiger partial charge in [0.15, 0.2) is 0 Å². The average molecular weight is 467 g/mol. The number of carbonyl (C=O) groups excluding carboxylic acids is 3. The molecule has 1 aromatic carbocycles. The number of nitrogens with one attached hydrogen (secondary N) is 1. The largest absolute Gasteiger partial charge is 0.496 e. The molecule has 0 radical (unpaired) electrons. The Morgan fingerprint density at radius 1 is 1.18 bits per heavy atom. The van der Waals surface area contributed by atoms with Crippen molar-refractivity contribution >= 4 is 17.7 Å². The lowest BCUT2D eigenvalue weighted by Crippen LogP contribution is -2.52.